The van der Waals surface area contributed by atoms with Crippen LogP contribution < -0.4 is 5.32 Å². The third kappa shape index (κ3) is 2.11. The van der Waals surface area contributed by atoms with Crippen molar-refractivity contribution in [1.82, 2.24) is 5.32 Å². The highest BCUT2D eigenvalue weighted by Crippen LogP contribution is 2.40. The first-order valence-corrected chi connectivity index (χ1v) is 7.79. The number of amidine groups is 1. The van der Waals surface area contributed by atoms with Crippen molar-refractivity contribution in [2.24, 2.45) is 10.9 Å². The summed E-state index contributed by atoms with van der Waals surface area (Å²) in [5.74, 6) is 2.15. The first-order valence-electron chi connectivity index (χ1n) is 6.80. The first kappa shape index (κ1) is 10.9. The molecule has 0 aromatic carbocycles. The number of nitrogens with zero attached hydrogens (tertiary/aromatic N) is 1. The van der Waals surface area contributed by atoms with E-state index in [0.29, 0.717) is 11.6 Å². The second-order valence-corrected chi connectivity index (χ2v) is 6.62. The standard InChI is InChI=1S/C13H22N2S/c1-2-10-8-11(10)14-12-15-13(9-16-12)6-4-3-5-7-13/h10-11H,2-9H2,1H3,(H,14,15). The highest BCUT2D eigenvalue weighted by atomic mass is 32.2. The molecule has 3 fully saturated rings. The van der Waals surface area contributed by atoms with Crippen LogP contribution in [0.15, 0.2) is 4.99 Å². The summed E-state index contributed by atoms with van der Waals surface area (Å²) in [6.45, 7) is 2.28. The molecule has 2 aliphatic carbocycles. The average Bonchev–Trinajstić information content (AvgIpc) is 2.96. The van der Waals surface area contributed by atoms with Gasteiger partial charge in [-0.3, -0.25) is 4.99 Å². The molecule has 2 saturated carbocycles. The van der Waals surface area contributed by atoms with Gasteiger partial charge in [-0.15, -0.1) is 0 Å². The fourth-order valence-electron chi connectivity index (χ4n) is 3.05. The number of nitrogens with one attached hydrogen (secondary N) is 1. The molecule has 0 aromatic heterocycles. The molecule has 90 valence electrons. The van der Waals surface area contributed by atoms with Crippen molar-refractivity contribution >= 4 is 16.9 Å². The molecule has 1 heterocycles. The average molecular weight is 238 g/mol. The van der Waals surface area contributed by atoms with Crippen molar-refractivity contribution in [3.8, 4) is 0 Å². The summed E-state index contributed by atoms with van der Waals surface area (Å²) in [6, 6.07) is 0.652. The molecule has 2 atom stereocenters. The summed E-state index contributed by atoms with van der Waals surface area (Å²) in [5.41, 5.74) is 0.429. The van der Waals surface area contributed by atoms with Crippen LogP contribution in [-0.2, 0) is 0 Å². The largest absolute Gasteiger partial charge is 0.359 e. The Morgan fingerprint density at radius 3 is 2.88 bits per heavy atom. The van der Waals surface area contributed by atoms with Crippen LogP contribution >= 0.6 is 11.8 Å². The van der Waals surface area contributed by atoms with Crippen LogP contribution in [0, 0.1) is 5.92 Å². The Labute approximate surface area is 103 Å². The maximum Gasteiger partial charge on any atom is 0.157 e. The molecule has 1 spiro atoms. The van der Waals surface area contributed by atoms with Crippen LogP contribution in [0.5, 0.6) is 0 Å². The molecular formula is C13H22N2S. The van der Waals surface area contributed by atoms with E-state index in [1.807, 2.05) is 11.8 Å². The Morgan fingerprint density at radius 2 is 2.19 bits per heavy atom. The summed E-state index contributed by atoms with van der Waals surface area (Å²) in [6.07, 6.45) is 9.60. The van der Waals surface area contributed by atoms with E-state index in [4.69, 9.17) is 4.99 Å². The van der Waals surface area contributed by atoms with Gasteiger partial charge < -0.3 is 5.32 Å². The molecule has 1 saturated heterocycles. The fourth-order valence-corrected chi connectivity index (χ4v) is 4.32. The quantitative estimate of drug-likeness (QED) is 0.799. The molecule has 3 aliphatic rings. The van der Waals surface area contributed by atoms with E-state index in [2.05, 4.69) is 12.2 Å². The van der Waals surface area contributed by atoms with Gasteiger partial charge in [0.05, 0.1) is 6.04 Å². The van der Waals surface area contributed by atoms with Gasteiger partial charge in [0.15, 0.2) is 5.17 Å². The minimum atomic E-state index is 0.429. The summed E-state index contributed by atoms with van der Waals surface area (Å²) >= 11 is 1.97. The SMILES string of the molecule is CCC1CC1N=C1NC2(CCCCC2)CS1. The van der Waals surface area contributed by atoms with Gasteiger partial charge in [0.1, 0.15) is 0 Å². The van der Waals surface area contributed by atoms with Crippen molar-refractivity contribution in [1.29, 1.82) is 0 Å². The molecule has 0 bridgehead atoms. The summed E-state index contributed by atoms with van der Waals surface area (Å²) in [4.78, 5) is 4.86. The molecule has 0 amide bonds. The van der Waals surface area contributed by atoms with E-state index < -0.39 is 0 Å². The molecule has 0 radical (unpaired) electrons. The molecule has 1 aliphatic heterocycles. The fraction of sp³-hybridized carbons (Fsp3) is 0.923. The van der Waals surface area contributed by atoms with Gasteiger partial charge in [-0.2, -0.15) is 0 Å². The molecule has 3 heteroatoms. The number of aliphatic imine (C=N–C) groups is 1. The Hall–Kier alpha value is -0.180. The van der Waals surface area contributed by atoms with E-state index in [-0.39, 0.29) is 0 Å². The topological polar surface area (TPSA) is 24.4 Å². The lowest BCUT2D eigenvalue weighted by Gasteiger charge is -2.32. The predicted molar refractivity (Wildman–Crippen MR) is 71.0 cm³/mol. The van der Waals surface area contributed by atoms with Crippen LogP contribution in [0.1, 0.15) is 51.9 Å². The third-order valence-electron chi connectivity index (χ3n) is 4.36. The molecule has 2 unspecified atom stereocenters. The second kappa shape index (κ2) is 4.25. The maximum absolute atomic E-state index is 4.86. The van der Waals surface area contributed by atoms with Gasteiger partial charge in [0.2, 0.25) is 0 Å². The smallest absolute Gasteiger partial charge is 0.157 e. The number of hydrogen-bond acceptors (Lipinski definition) is 2. The normalized spacial score (nSPS) is 38.9. The molecule has 0 aromatic rings. The van der Waals surface area contributed by atoms with Gasteiger partial charge >= 0.3 is 0 Å². The maximum atomic E-state index is 4.86. The van der Waals surface area contributed by atoms with Crippen LogP contribution in [0.2, 0.25) is 0 Å². The Balaban J connectivity index is 1.60. The second-order valence-electron chi connectivity index (χ2n) is 5.66. The monoisotopic (exact) mass is 238 g/mol. The van der Waals surface area contributed by atoms with Gasteiger partial charge in [0, 0.05) is 11.3 Å². The van der Waals surface area contributed by atoms with Crippen LogP contribution in [0.4, 0.5) is 0 Å². The van der Waals surface area contributed by atoms with Crippen LogP contribution in [-0.4, -0.2) is 22.5 Å². The van der Waals surface area contributed by atoms with E-state index in [9.17, 15) is 0 Å². The molecule has 3 rings (SSSR count). The highest BCUT2D eigenvalue weighted by molar-refractivity contribution is 8.14. The molecular weight excluding hydrogens is 216 g/mol. The van der Waals surface area contributed by atoms with Crippen molar-refractivity contribution in [2.75, 3.05) is 5.75 Å². The number of hydrogen-bond donors (Lipinski definition) is 1. The van der Waals surface area contributed by atoms with E-state index in [0.717, 1.165) is 5.92 Å². The molecule has 2 nitrogen and oxygen atoms in total. The minimum absolute atomic E-state index is 0.429. The number of rotatable bonds is 2. The highest BCUT2D eigenvalue weighted by Gasteiger charge is 2.40. The Bertz CT molecular complexity index is 294. The van der Waals surface area contributed by atoms with Crippen molar-refractivity contribution < 1.29 is 0 Å². The van der Waals surface area contributed by atoms with Crippen molar-refractivity contribution in [3.05, 3.63) is 0 Å². The zero-order chi connectivity index (χ0) is 11.0. The lowest BCUT2D eigenvalue weighted by Crippen LogP contribution is -2.45. The van der Waals surface area contributed by atoms with E-state index in [1.165, 1.54) is 55.9 Å². The van der Waals surface area contributed by atoms with Crippen molar-refractivity contribution in [3.63, 3.8) is 0 Å². The summed E-state index contributed by atoms with van der Waals surface area (Å²) < 4.78 is 0. The third-order valence-corrected chi connectivity index (χ3v) is 5.54. The first-order chi connectivity index (χ1) is 7.81. The summed E-state index contributed by atoms with van der Waals surface area (Å²) in [7, 11) is 0. The van der Waals surface area contributed by atoms with Crippen LogP contribution in [0.25, 0.3) is 0 Å². The van der Waals surface area contributed by atoms with Crippen LogP contribution in [0.3, 0.4) is 0 Å². The van der Waals surface area contributed by atoms with Gasteiger partial charge in [-0.1, -0.05) is 44.4 Å². The lowest BCUT2D eigenvalue weighted by molar-refractivity contribution is 0.303. The van der Waals surface area contributed by atoms with Gasteiger partial charge in [-0.25, -0.2) is 0 Å². The van der Waals surface area contributed by atoms with E-state index in [1.54, 1.807) is 0 Å². The van der Waals surface area contributed by atoms with Crippen molar-refractivity contribution in [2.45, 2.75) is 63.5 Å². The Morgan fingerprint density at radius 1 is 1.38 bits per heavy atom. The Kier molecular flexibility index (Phi) is 2.90. The number of thioether (sulfide) groups is 1. The summed E-state index contributed by atoms with van der Waals surface area (Å²) in [5, 5.41) is 4.99. The zero-order valence-corrected chi connectivity index (χ0v) is 11.0. The molecule has 1 N–H and O–H groups in total. The lowest BCUT2D eigenvalue weighted by atomic mass is 9.83. The minimum Gasteiger partial charge on any atom is -0.359 e. The van der Waals surface area contributed by atoms with E-state index >= 15 is 0 Å². The zero-order valence-electron chi connectivity index (χ0n) is 10.2. The molecule has 16 heavy (non-hydrogen) atoms. The van der Waals surface area contributed by atoms with Gasteiger partial charge in [0.25, 0.3) is 0 Å². The van der Waals surface area contributed by atoms with Gasteiger partial charge in [-0.05, 0) is 25.2 Å². The predicted octanol–water partition coefficient (Wildman–Crippen LogP) is 3.18.